The first-order chi connectivity index (χ1) is 11.1. The molecule has 2 amide bonds. The lowest BCUT2D eigenvalue weighted by atomic mass is 10.1. The van der Waals surface area contributed by atoms with Crippen LogP contribution in [-0.4, -0.2) is 18.0 Å². The molecule has 5 nitrogen and oxygen atoms in total. The molecule has 0 radical (unpaired) electrons. The van der Waals surface area contributed by atoms with Gasteiger partial charge in [-0.05, 0) is 64.4 Å². The van der Waals surface area contributed by atoms with Gasteiger partial charge in [0.05, 0.1) is 6.21 Å². The number of carbonyl (C=O) groups excluding carboxylic acids is 2. The summed E-state index contributed by atoms with van der Waals surface area (Å²) < 4.78 is 1.06. The third-order valence-corrected chi connectivity index (χ3v) is 3.73. The predicted octanol–water partition coefficient (Wildman–Crippen LogP) is 2.94. The number of hydrogen-bond donors (Lipinski definition) is 2. The van der Waals surface area contributed by atoms with Gasteiger partial charge >= 0.3 is 11.8 Å². The van der Waals surface area contributed by atoms with E-state index in [1.165, 1.54) is 6.21 Å². The summed E-state index contributed by atoms with van der Waals surface area (Å²) in [5, 5.41) is 6.31. The van der Waals surface area contributed by atoms with E-state index in [0.717, 1.165) is 21.1 Å². The van der Waals surface area contributed by atoms with E-state index in [1.54, 1.807) is 12.1 Å². The Morgan fingerprint density at radius 2 is 1.87 bits per heavy atom. The van der Waals surface area contributed by atoms with Crippen molar-refractivity contribution in [2.45, 2.75) is 13.3 Å². The summed E-state index contributed by atoms with van der Waals surface area (Å²) in [5.41, 5.74) is 4.78. The van der Waals surface area contributed by atoms with E-state index in [4.69, 9.17) is 0 Å². The summed E-state index contributed by atoms with van der Waals surface area (Å²) >= 11 is 2.19. The van der Waals surface area contributed by atoms with Gasteiger partial charge < -0.3 is 5.32 Å². The van der Waals surface area contributed by atoms with Crippen LogP contribution in [0.3, 0.4) is 0 Å². The molecule has 2 rings (SSSR count). The fourth-order valence-electron chi connectivity index (χ4n) is 1.81. The lowest BCUT2D eigenvalue weighted by molar-refractivity contribution is -0.136. The highest BCUT2D eigenvalue weighted by Crippen LogP contribution is 2.09. The highest BCUT2D eigenvalue weighted by molar-refractivity contribution is 14.1. The van der Waals surface area contributed by atoms with Crippen molar-refractivity contribution in [3.63, 3.8) is 0 Å². The quantitative estimate of drug-likeness (QED) is 0.345. The van der Waals surface area contributed by atoms with Crippen molar-refractivity contribution in [1.29, 1.82) is 0 Å². The number of hydrazone groups is 1. The molecule has 0 saturated heterocycles. The highest BCUT2D eigenvalue weighted by Gasteiger charge is 2.12. The van der Waals surface area contributed by atoms with E-state index in [-0.39, 0.29) is 0 Å². The van der Waals surface area contributed by atoms with E-state index in [0.29, 0.717) is 5.69 Å². The van der Waals surface area contributed by atoms with E-state index in [9.17, 15) is 9.59 Å². The number of nitrogens with one attached hydrogen (secondary N) is 2. The third-order valence-electron chi connectivity index (χ3n) is 3.05. The second kappa shape index (κ2) is 8.42. The van der Waals surface area contributed by atoms with Gasteiger partial charge in [0.15, 0.2) is 0 Å². The predicted molar refractivity (Wildman–Crippen MR) is 99.3 cm³/mol. The van der Waals surface area contributed by atoms with Gasteiger partial charge in [0.1, 0.15) is 0 Å². The zero-order valence-corrected chi connectivity index (χ0v) is 14.7. The molecule has 2 N–H and O–H groups in total. The second-order valence-corrected chi connectivity index (χ2v) is 6.00. The number of carbonyl (C=O) groups is 2. The summed E-state index contributed by atoms with van der Waals surface area (Å²) in [6.45, 7) is 2.05. The number of halogens is 1. The molecule has 0 aliphatic heterocycles. The standard InChI is InChI=1S/C17H16IN3O2/c1-2-12-6-8-15(9-7-12)20-16(22)17(23)21-19-11-13-4-3-5-14(18)10-13/h3-11H,2H2,1H3,(H,20,22)(H,21,23)/b19-11+. The minimum Gasteiger partial charge on any atom is -0.318 e. The van der Waals surface area contributed by atoms with Gasteiger partial charge in [0.25, 0.3) is 0 Å². The van der Waals surface area contributed by atoms with Crippen molar-refractivity contribution in [2.24, 2.45) is 5.10 Å². The Morgan fingerprint density at radius 1 is 1.13 bits per heavy atom. The lowest BCUT2D eigenvalue weighted by Crippen LogP contribution is -2.32. The van der Waals surface area contributed by atoms with Crippen molar-refractivity contribution in [2.75, 3.05) is 5.32 Å². The molecule has 0 spiro atoms. The lowest BCUT2D eigenvalue weighted by Gasteiger charge is -2.04. The first-order valence-corrected chi connectivity index (χ1v) is 8.15. The van der Waals surface area contributed by atoms with Gasteiger partial charge in [0, 0.05) is 9.26 Å². The summed E-state index contributed by atoms with van der Waals surface area (Å²) in [7, 11) is 0. The number of aryl methyl sites for hydroxylation is 1. The number of anilines is 1. The Labute approximate surface area is 148 Å². The number of benzene rings is 2. The van der Waals surface area contributed by atoms with E-state index >= 15 is 0 Å². The van der Waals surface area contributed by atoms with Crippen LogP contribution in [0.4, 0.5) is 5.69 Å². The SMILES string of the molecule is CCc1ccc(NC(=O)C(=O)N/N=C/c2cccc(I)c2)cc1. The molecular weight excluding hydrogens is 405 g/mol. The summed E-state index contributed by atoms with van der Waals surface area (Å²) in [5.74, 6) is -1.57. The molecule has 0 bridgehead atoms. The fourth-order valence-corrected chi connectivity index (χ4v) is 2.38. The van der Waals surface area contributed by atoms with Crippen LogP contribution in [0.1, 0.15) is 18.1 Å². The Kier molecular flexibility index (Phi) is 6.28. The third kappa shape index (κ3) is 5.48. The topological polar surface area (TPSA) is 70.6 Å². The summed E-state index contributed by atoms with van der Waals surface area (Å²) in [6, 6.07) is 14.9. The second-order valence-electron chi connectivity index (χ2n) is 4.76. The molecule has 0 atom stereocenters. The molecule has 0 unspecified atom stereocenters. The molecule has 6 heteroatoms. The Hall–Kier alpha value is -2.22. The van der Waals surface area contributed by atoms with Gasteiger partial charge in [-0.15, -0.1) is 0 Å². The maximum absolute atomic E-state index is 11.8. The van der Waals surface area contributed by atoms with E-state index in [2.05, 4.69) is 38.4 Å². The van der Waals surface area contributed by atoms with Crippen LogP contribution in [0.2, 0.25) is 0 Å². The summed E-state index contributed by atoms with van der Waals surface area (Å²) in [6.07, 6.45) is 2.41. The molecule has 0 aromatic heterocycles. The smallest absolute Gasteiger partial charge is 0.318 e. The minimum atomic E-state index is -0.813. The molecule has 0 aliphatic carbocycles. The van der Waals surface area contributed by atoms with E-state index < -0.39 is 11.8 Å². The maximum Gasteiger partial charge on any atom is 0.329 e. The number of hydrogen-bond acceptors (Lipinski definition) is 3. The van der Waals surface area contributed by atoms with Crippen LogP contribution in [0, 0.1) is 3.57 Å². The maximum atomic E-state index is 11.8. The zero-order chi connectivity index (χ0) is 16.7. The minimum absolute atomic E-state index is 0.573. The van der Waals surface area contributed by atoms with Gasteiger partial charge in [-0.3, -0.25) is 9.59 Å². The van der Waals surface area contributed by atoms with Crippen LogP contribution in [0.25, 0.3) is 0 Å². The fraction of sp³-hybridized carbons (Fsp3) is 0.118. The molecular formula is C17H16IN3O2. The number of nitrogens with zero attached hydrogens (tertiary/aromatic N) is 1. The van der Waals surface area contributed by atoms with Crippen molar-refractivity contribution >= 4 is 46.3 Å². The Bertz CT molecular complexity index is 727. The van der Waals surface area contributed by atoms with Gasteiger partial charge in [0.2, 0.25) is 0 Å². The Balaban J connectivity index is 1.88. The highest BCUT2D eigenvalue weighted by atomic mass is 127. The van der Waals surface area contributed by atoms with Crippen LogP contribution in [0.15, 0.2) is 53.6 Å². The van der Waals surface area contributed by atoms with E-state index in [1.807, 2.05) is 43.3 Å². The van der Waals surface area contributed by atoms with Gasteiger partial charge in [-0.1, -0.05) is 31.2 Å². The van der Waals surface area contributed by atoms with Crippen LogP contribution in [0.5, 0.6) is 0 Å². The molecule has 118 valence electrons. The largest absolute Gasteiger partial charge is 0.329 e. The molecule has 0 heterocycles. The van der Waals surface area contributed by atoms with Crippen molar-refractivity contribution in [1.82, 2.24) is 5.43 Å². The van der Waals surface area contributed by atoms with Crippen molar-refractivity contribution in [3.8, 4) is 0 Å². The Morgan fingerprint density at radius 3 is 2.52 bits per heavy atom. The monoisotopic (exact) mass is 421 g/mol. The first-order valence-electron chi connectivity index (χ1n) is 7.07. The number of amides is 2. The average molecular weight is 421 g/mol. The van der Waals surface area contributed by atoms with Crippen LogP contribution in [-0.2, 0) is 16.0 Å². The molecule has 0 aliphatic rings. The molecule has 2 aromatic rings. The molecule has 23 heavy (non-hydrogen) atoms. The molecule has 2 aromatic carbocycles. The summed E-state index contributed by atoms with van der Waals surface area (Å²) in [4.78, 5) is 23.5. The molecule has 0 fully saturated rings. The van der Waals surface area contributed by atoms with Crippen LogP contribution < -0.4 is 10.7 Å². The van der Waals surface area contributed by atoms with Gasteiger partial charge in [-0.2, -0.15) is 5.10 Å². The molecule has 0 saturated carbocycles. The normalized spacial score (nSPS) is 10.5. The van der Waals surface area contributed by atoms with Crippen molar-refractivity contribution < 1.29 is 9.59 Å². The first kappa shape index (κ1) is 17.1. The van der Waals surface area contributed by atoms with Crippen LogP contribution >= 0.6 is 22.6 Å². The van der Waals surface area contributed by atoms with Crippen molar-refractivity contribution in [3.05, 3.63) is 63.2 Å². The van der Waals surface area contributed by atoms with Gasteiger partial charge in [-0.25, -0.2) is 5.43 Å². The zero-order valence-electron chi connectivity index (χ0n) is 12.5. The average Bonchev–Trinajstić information content (AvgIpc) is 2.55. The number of rotatable bonds is 4.